The van der Waals surface area contributed by atoms with E-state index in [0.717, 1.165) is 43.9 Å². The van der Waals surface area contributed by atoms with Crippen molar-refractivity contribution in [3.8, 4) is 0 Å². The second-order valence-corrected chi connectivity index (χ2v) is 7.82. The molecule has 0 aromatic heterocycles. The standard InChI is InChI=1S/C24H32N4O3/c1-4-25-14-16-27(17-15-25)23(21-8-7-9-22(18-21)28(30)31)19-10-12-20(13-11-19)24(29)26(5-2)6-3/h7-13,18,23H,4-6,14-17H2,1-3H3/t23-/m0/s1. The Bertz CT molecular complexity index is 888. The number of nitro groups is 1. The van der Waals surface area contributed by atoms with E-state index in [1.165, 1.54) is 6.07 Å². The molecule has 0 spiro atoms. The second kappa shape index (κ2) is 10.5. The van der Waals surface area contributed by atoms with Gasteiger partial charge in [-0.3, -0.25) is 19.8 Å². The first-order valence-corrected chi connectivity index (χ1v) is 11.1. The van der Waals surface area contributed by atoms with Crippen LogP contribution in [-0.4, -0.2) is 71.3 Å². The Morgan fingerprint density at radius 2 is 1.65 bits per heavy atom. The van der Waals surface area contributed by atoms with Crippen LogP contribution in [0.4, 0.5) is 5.69 Å². The fourth-order valence-electron chi connectivity index (χ4n) is 4.26. The van der Waals surface area contributed by atoms with E-state index >= 15 is 0 Å². The largest absolute Gasteiger partial charge is 0.339 e. The number of likely N-dealkylation sites (N-methyl/N-ethyl adjacent to an activating group) is 1. The molecule has 1 aliphatic heterocycles. The number of hydrogen-bond acceptors (Lipinski definition) is 5. The molecule has 31 heavy (non-hydrogen) atoms. The highest BCUT2D eigenvalue weighted by atomic mass is 16.6. The molecule has 0 bridgehead atoms. The quantitative estimate of drug-likeness (QED) is 0.476. The van der Waals surface area contributed by atoms with E-state index in [1.807, 2.05) is 44.2 Å². The molecule has 3 rings (SSSR count). The molecule has 2 aromatic rings. The van der Waals surface area contributed by atoms with E-state index in [2.05, 4.69) is 16.7 Å². The van der Waals surface area contributed by atoms with Gasteiger partial charge in [0.25, 0.3) is 11.6 Å². The Morgan fingerprint density at radius 1 is 1.00 bits per heavy atom. The molecule has 7 nitrogen and oxygen atoms in total. The number of piperazine rings is 1. The molecule has 1 aliphatic rings. The summed E-state index contributed by atoms with van der Waals surface area (Å²) in [6, 6.07) is 14.6. The highest BCUT2D eigenvalue weighted by Gasteiger charge is 2.27. The van der Waals surface area contributed by atoms with Gasteiger partial charge in [0.1, 0.15) is 0 Å². The van der Waals surface area contributed by atoms with E-state index in [4.69, 9.17) is 0 Å². The molecule has 0 N–H and O–H groups in total. The van der Waals surface area contributed by atoms with Crippen LogP contribution in [0.25, 0.3) is 0 Å². The molecular weight excluding hydrogens is 392 g/mol. The van der Waals surface area contributed by atoms with Crippen LogP contribution in [0.1, 0.15) is 48.3 Å². The van der Waals surface area contributed by atoms with Crippen LogP contribution in [0.2, 0.25) is 0 Å². The Balaban J connectivity index is 1.94. The normalized spacial score (nSPS) is 16.1. The smallest absolute Gasteiger partial charge is 0.269 e. The van der Waals surface area contributed by atoms with E-state index in [9.17, 15) is 14.9 Å². The fraction of sp³-hybridized carbons (Fsp3) is 0.458. The van der Waals surface area contributed by atoms with Crippen LogP contribution in [-0.2, 0) is 0 Å². The van der Waals surface area contributed by atoms with Crippen molar-refractivity contribution in [1.82, 2.24) is 14.7 Å². The van der Waals surface area contributed by atoms with Crippen molar-refractivity contribution >= 4 is 11.6 Å². The first-order valence-electron chi connectivity index (χ1n) is 11.1. The average molecular weight is 425 g/mol. The summed E-state index contributed by atoms with van der Waals surface area (Å²) in [6.07, 6.45) is 0. The minimum absolute atomic E-state index is 0.0278. The van der Waals surface area contributed by atoms with Crippen LogP contribution < -0.4 is 0 Å². The topological polar surface area (TPSA) is 69.9 Å². The molecule has 2 aromatic carbocycles. The van der Waals surface area contributed by atoms with Gasteiger partial charge in [0.05, 0.1) is 11.0 Å². The number of carbonyl (C=O) groups excluding carboxylic acids is 1. The van der Waals surface area contributed by atoms with Crippen molar-refractivity contribution in [3.63, 3.8) is 0 Å². The molecule has 0 aliphatic carbocycles. The predicted molar refractivity (Wildman–Crippen MR) is 122 cm³/mol. The molecule has 1 heterocycles. The summed E-state index contributed by atoms with van der Waals surface area (Å²) in [7, 11) is 0. The minimum atomic E-state index is -0.346. The number of hydrogen-bond donors (Lipinski definition) is 0. The van der Waals surface area contributed by atoms with E-state index < -0.39 is 0 Å². The fourth-order valence-corrected chi connectivity index (χ4v) is 4.26. The van der Waals surface area contributed by atoms with Crippen molar-refractivity contribution in [2.24, 2.45) is 0 Å². The number of rotatable bonds is 8. The van der Waals surface area contributed by atoms with Gasteiger partial charge in [0, 0.05) is 57.0 Å². The van der Waals surface area contributed by atoms with E-state index in [0.29, 0.717) is 18.7 Å². The second-order valence-electron chi connectivity index (χ2n) is 7.82. The van der Waals surface area contributed by atoms with Gasteiger partial charge in [0.15, 0.2) is 0 Å². The zero-order chi connectivity index (χ0) is 22.4. The molecule has 1 atom stereocenters. The number of nitro benzene ring substituents is 1. The highest BCUT2D eigenvalue weighted by Crippen LogP contribution is 2.32. The Morgan fingerprint density at radius 3 is 2.19 bits per heavy atom. The van der Waals surface area contributed by atoms with Crippen molar-refractivity contribution in [2.45, 2.75) is 26.8 Å². The zero-order valence-corrected chi connectivity index (χ0v) is 18.7. The van der Waals surface area contributed by atoms with Gasteiger partial charge < -0.3 is 9.80 Å². The average Bonchev–Trinajstić information content (AvgIpc) is 2.81. The maximum atomic E-state index is 12.7. The Labute approximate surface area is 184 Å². The number of nitrogens with zero attached hydrogens (tertiary/aromatic N) is 4. The molecule has 0 saturated carbocycles. The van der Waals surface area contributed by atoms with Crippen LogP contribution in [0, 0.1) is 10.1 Å². The first-order chi connectivity index (χ1) is 15.0. The summed E-state index contributed by atoms with van der Waals surface area (Å²) >= 11 is 0. The highest BCUT2D eigenvalue weighted by molar-refractivity contribution is 5.94. The van der Waals surface area contributed by atoms with Crippen LogP contribution >= 0.6 is 0 Å². The van der Waals surface area contributed by atoms with Crippen molar-refractivity contribution < 1.29 is 9.72 Å². The number of amides is 1. The van der Waals surface area contributed by atoms with Gasteiger partial charge in [-0.25, -0.2) is 0 Å². The third-order valence-electron chi connectivity index (χ3n) is 6.14. The lowest BCUT2D eigenvalue weighted by atomic mass is 9.95. The van der Waals surface area contributed by atoms with Gasteiger partial charge in [-0.05, 0) is 43.7 Å². The van der Waals surface area contributed by atoms with Gasteiger partial charge in [-0.15, -0.1) is 0 Å². The van der Waals surface area contributed by atoms with Crippen LogP contribution in [0.15, 0.2) is 48.5 Å². The van der Waals surface area contributed by atoms with Crippen LogP contribution in [0.3, 0.4) is 0 Å². The first kappa shape index (κ1) is 22.9. The molecule has 166 valence electrons. The summed E-state index contributed by atoms with van der Waals surface area (Å²) in [5.74, 6) is 0.0278. The lowest BCUT2D eigenvalue weighted by molar-refractivity contribution is -0.384. The lowest BCUT2D eigenvalue weighted by Gasteiger charge is -2.39. The third-order valence-corrected chi connectivity index (χ3v) is 6.14. The summed E-state index contributed by atoms with van der Waals surface area (Å²) in [5, 5.41) is 11.4. The maximum absolute atomic E-state index is 12.7. The molecule has 7 heteroatoms. The molecule has 0 unspecified atom stereocenters. The molecule has 0 radical (unpaired) electrons. The SMILES string of the molecule is CCN1CCN([C@@H](c2ccc(C(=O)N(CC)CC)cc2)c2cccc([N+](=O)[O-])c2)CC1. The summed E-state index contributed by atoms with van der Waals surface area (Å²) in [5.41, 5.74) is 2.72. The lowest BCUT2D eigenvalue weighted by Crippen LogP contribution is -2.47. The number of benzene rings is 2. The monoisotopic (exact) mass is 424 g/mol. The Kier molecular flexibility index (Phi) is 7.76. The van der Waals surface area contributed by atoms with E-state index in [1.54, 1.807) is 17.0 Å². The predicted octanol–water partition coefficient (Wildman–Crippen LogP) is 3.80. The number of non-ortho nitro benzene ring substituents is 1. The molecule has 1 amide bonds. The van der Waals surface area contributed by atoms with Crippen LogP contribution in [0.5, 0.6) is 0 Å². The Hall–Kier alpha value is -2.77. The maximum Gasteiger partial charge on any atom is 0.269 e. The van der Waals surface area contributed by atoms with Gasteiger partial charge in [0.2, 0.25) is 0 Å². The summed E-state index contributed by atoms with van der Waals surface area (Å²) < 4.78 is 0. The summed E-state index contributed by atoms with van der Waals surface area (Å²) in [4.78, 5) is 30.3. The molecule has 1 fully saturated rings. The number of carbonyl (C=O) groups is 1. The van der Waals surface area contributed by atoms with Gasteiger partial charge in [-0.2, -0.15) is 0 Å². The van der Waals surface area contributed by atoms with E-state index in [-0.39, 0.29) is 22.6 Å². The molecular formula is C24H32N4O3. The zero-order valence-electron chi connectivity index (χ0n) is 18.7. The van der Waals surface area contributed by atoms with Gasteiger partial charge in [-0.1, -0.05) is 31.2 Å². The third kappa shape index (κ3) is 5.29. The van der Waals surface area contributed by atoms with Gasteiger partial charge >= 0.3 is 0 Å². The minimum Gasteiger partial charge on any atom is -0.339 e. The molecule has 1 saturated heterocycles. The van der Waals surface area contributed by atoms with Crippen molar-refractivity contribution in [3.05, 3.63) is 75.3 Å². The van der Waals surface area contributed by atoms with Crippen molar-refractivity contribution in [1.29, 1.82) is 0 Å². The van der Waals surface area contributed by atoms with Crippen molar-refractivity contribution in [2.75, 3.05) is 45.8 Å². The summed E-state index contributed by atoms with van der Waals surface area (Å²) in [6.45, 7) is 12.2.